The maximum Gasteiger partial charge on any atom is 0.322 e. The third kappa shape index (κ3) is 3.44. The van der Waals surface area contributed by atoms with Gasteiger partial charge >= 0.3 is 6.03 Å². The van der Waals surface area contributed by atoms with Crippen LogP contribution < -0.4 is 20.9 Å². The highest BCUT2D eigenvalue weighted by Gasteiger charge is 2.43. The van der Waals surface area contributed by atoms with Crippen LogP contribution in [0, 0.1) is 0 Å². The Labute approximate surface area is 167 Å². The van der Waals surface area contributed by atoms with Gasteiger partial charge in [0, 0.05) is 29.9 Å². The van der Waals surface area contributed by atoms with Crippen LogP contribution in [0.5, 0.6) is 0 Å². The Bertz CT molecular complexity index is 1020. The summed E-state index contributed by atoms with van der Waals surface area (Å²) in [6.07, 6.45) is 1.39. The highest BCUT2D eigenvalue weighted by molar-refractivity contribution is 6.08. The first-order chi connectivity index (χ1) is 13.9. The van der Waals surface area contributed by atoms with Crippen molar-refractivity contribution < 1.29 is 19.2 Å². The number of anilines is 2. The highest BCUT2D eigenvalue weighted by Crippen LogP contribution is 2.27. The van der Waals surface area contributed by atoms with Gasteiger partial charge in [0.25, 0.3) is 11.8 Å². The number of amides is 5. The van der Waals surface area contributed by atoms with Crippen molar-refractivity contribution in [3.05, 3.63) is 59.7 Å². The lowest BCUT2D eigenvalue weighted by molar-refractivity contribution is -0.123. The summed E-state index contributed by atoms with van der Waals surface area (Å²) in [5.74, 6) is -0.667. The standard InChI is InChI=1S/C21H20N4O4/c1-21(19(28)23-20(29)24-21)14-4-2-5-15(12-14)22-18(27)13-7-9-16(10-8-13)25-11-3-6-17(25)26/h2,4-5,7-10,12H,3,6,11H2,1H3,(H,22,27)(H2,23,24,28,29)/t21-/m0/s1. The summed E-state index contributed by atoms with van der Waals surface area (Å²) < 4.78 is 0. The molecule has 2 aromatic rings. The fourth-order valence-corrected chi connectivity index (χ4v) is 3.57. The van der Waals surface area contributed by atoms with Gasteiger partial charge in [-0.15, -0.1) is 0 Å². The molecule has 148 valence electrons. The molecule has 29 heavy (non-hydrogen) atoms. The molecule has 0 bridgehead atoms. The van der Waals surface area contributed by atoms with E-state index in [0.717, 1.165) is 12.1 Å². The summed E-state index contributed by atoms with van der Waals surface area (Å²) in [6, 6.07) is 13.1. The molecule has 5 amide bonds. The molecular formula is C21H20N4O4. The number of hydrogen-bond donors (Lipinski definition) is 3. The van der Waals surface area contributed by atoms with Gasteiger partial charge in [-0.1, -0.05) is 12.1 Å². The van der Waals surface area contributed by atoms with Gasteiger partial charge in [0.1, 0.15) is 5.54 Å². The summed E-state index contributed by atoms with van der Waals surface area (Å²) in [7, 11) is 0. The van der Waals surface area contributed by atoms with Gasteiger partial charge in [-0.25, -0.2) is 4.79 Å². The van der Waals surface area contributed by atoms with Crippen LogP contribution in [-0.2, 0) is 15.1 Å². The van der Waals surface area contributed by atoms with Crippen molar-refractivity contribution >= 4 is 35.1 Å². The van der Waals surface area contributed by atoms with Crippen LogP contribution in [0.4, 0.5) is 16.2 Å². The fraction of sp³-hybridized carbons (Fsp3) is 0.238. The zero-order valence-electron chi connectivity index (χ0n) is 15.8. The molecule has 2 aliphatic rings. The third-order valence-corrected chi connectivity index (χ3v) is 5.26. The molecule has 8 heteroatoms. The first-order valence-corrected chi connectivity index (χ1v) is 9.33. The van der Waals surface area contributed by atoms with E-state index in [0.29, 0.717) is 29.8 Å². The van der Waals surface area contributed by atoms with Gasteiger partial charge in [0.05, 0.1) is 0 Å². The fourth-order valence-electron chi connectivity index (χ4n) is 3.57. The molecule has 0 unspecified atom stereocenters. The Kier molecular flexibility index (Phi) is 4.54. The van der Waals surface area contributed by atoms with Crippen molar-refractivity contribution in [2.24, 2.45) is 0 Å². The Balaban J connectivity index is 1.50. The number of nitrogens with one attached hydrogen (secondary N) is 3. The number of hydrogen-bond acceptors (Lipinski definition) is 4. The lowest BCUT2D eigenvalue weighted by Crippen LogP contribution is -2.40. The Hall–Kier alpha value is -3.68. The zero-order valence-corrected chi connectivity index (χ0v) is 15.8. The monoisotopic (exact) mass is 392 g/mol. The van der Waals surface area contributed by atoms with Crippen LogP contribution in [-0.4, -0.2) is 30.3 Å². The molecular weight excluding hydrogens is 372 g/mol. The number of rotatable bonds is 4. The summed E-state index contributed by atoms with van der Waals surface area (Å²) in [6.45, 7) is 2.30. The SMILES string of the molecule is C[C@@]1(c2cccc(NC(=O)c3ccc(N4CCCC4=O)cc3)c2)NC(=O)NC1=O. The topological polar surface area (TPSA) is 108 Å². The van der Waals surface area contributed by atoms with Crippen molar-refractivity contribution in [1.29, 1.82) is 0 Å². The van der Waals surface area contributed by atoms with Crippen LogP contribution in [0.3, 0.4) is 0 Å². The smallest absolute Gasteiger partial charge is 0.322 e. The van der Waals surface area contributed by atoms with Crippen molar-refractivity contribution in [1.82, 2.24) is 10.6 Å². The summed E-state index contributed by atoms with van der Waals surface area (Å²) >= 11 is 0. The maximum absolute atomic E-state index is 12.6. The minimum absolute atomic E-state index is 0.0931. The van der Waals surface area contributed by atoms with Crippen molar-refractivity contribution in [2.75, 3.05) is 16.8 Å². The Morgan fingerprint density at radius 1 is 1.10 bits per heavy atom. The Morgan fingerprint density at radius 2 is 1.86 bits per heavy atom. The minimum atomic E-state index is -1.19. The average Bonchev–Trinajstić information content (AvgIpc) is 3.24. The molecule has 0 radical (unpaired) electrons. The van der Waals surface area contributed by atoms with Gasteiger partial charge in [0.15, 0.2) is 0 Å². The van der Waals surface area contributed by atoms with E-state index in [2.05, 4.69) is 16.0 Å². The molecule has 1 atom stereocenters. The maximum atomic E-state index is 12.6. The molecule has 0 aliphatic carbocycles. The molecule has 2 aromatic carbocycles. The second-order valence-electron chi connectivity index (χ2n) is 7.26. The quantitative estimate of drug-likeness (QED) is 0.693. The average molecular weight is 392 g/mol. The highest BCUT2D eigenvalue weighted by atomic mass is 16.2. The molecule has 3 N–H and O–H groups in total. The van der Waals surface area contributed by atoms with Crippen molar-refractivity contribution in [3.63, 3.8) is 0 Å². The predicted molar refractivity (Wildman–Crippen MR) is 106 cm³/mol. The van der Waals surface area contributed by atoms with E-state index in [1.54, 1.807) is 60.4 Å². The van der Waals surface area contributed by atoms with E-state index < -0.39 is 17.5 Å². The second-order valence-corrected chi connectivity index (χ2v) is 7.26. The predicted octanol–water partition coefficient (Wildman–Crippen LogP) is 2.12. The summed E-state index contributed by atoms with van der Waals surface area (Å²) in [5.41, 5.74) is 1.09. The van der Waals surface area contributed by atoms with E-state index in [4.69, 9.17) is 0 Å². The van der Waals surface area contributed by atoms with E-state index in [-0.39, 0.29) is 11.8 Å². The second kappa shape index (κ2) is 7.05. The van der Waals surface area contributed by atoms with Gasteiger partial charge < -0.3 is 15.5 Å². The number of nitrogens with zero attached hydrogens (tertiary/aromatic N) is 1. The van der Waals surface area contributed by atoms with Gasteiger partial charge in [-0.2, -0.15) is 0 Å². The molecule has 0 saturated carbocycles. The number of carbonyl (C=O) groups is 4. The molecule has 0 spiro atoms. The number of imide groups is 1. The number of benzene rings is 2. The molecule has 8 nitrogen and oxygen atoms in total. The molecule has 2 saturated heterocycles. The lowest BCUT2D eigenvalue weighted by atomic mass is 9.92. The van der Waals surface area contributed by atoms with Crippen LogP contribution >= 0.6 is 0 Å². The first-order valence-electron chi connectivity index (χ1n) is 9.33. The molecule has 2 aliphatic heterocycles. The van der Waals surface area contributed by atoms with Crippen LogP contribution in [0.25, 0.3) is 0 Å². The largest absolute Gasteiger partial charge is 0.322 e. The van der Waals surface area contributed by atoms with E-state index in [9.17, 15) is 19.2 Å². The number of carbonyl (C=O) groups excluding carboxylic acids is 4. The Morgan fingerprint density at radius 3 is 2.48 bits per heavy atom. The van der Waals surface area contributed by atoms with Crippen LogP contribution in [0.2, 0.25) is 0 Å². The first kappa shape index (κ1) is 18.7. The van der Waals surface area contributed by atoms with Crippen molar-refractivity contribution in [3.8, 4) is 0 Å². The van der Waals surface area contributed by atoms with E-state index >= 15 is 0 Å². The van der Waals surface area contributed by atoms with Gasteiger partial charge in [0.2, 0.25) is 5.91 Å². The number of urea groups is 1. The summed E-state index contributed by atoms with van der Waals surface area (Å²) in [5, 5.41) is 7.62. The normalized spacial score (nSPS) is 21.1. The molecule has 0 aromatic heterocycles. The van der Waals surface area contributed by atoms with E-state index in [1.807, 2.05) is 0 Å². The lowest BCUT2D eigenvalue weighted by Gasteiger charge is -2.21. The summed E-state index contributed by atoms with van der Waals surface area (Å²) in [4.78, 5) is 49.8. The van der Waals surface area contributed by atoms with Crippen LogP contribution in [0.15, 0.2) is 48.5 Å². The third-order valence-electron chi connectivity index (χ3n) is 5.26. The zero-order chi connectivity index (χ0) is 20.6. The van der Waals surface area contributed by atoms with Crippen LogP contribution in [0.1, 0.15) is 35.7 Å². The minimum Gasteiger partial charge on any atom is -0.322 e. The van der Waals surface area contributed by atoms with Crippen molar-refractivity contribution in [2.45, 2.75) is 25.3 Å². The van der Waals surface area contributed by atoms with E-state index in [1.165, 1.54) is 0 Å². The van der Waals surface area contributed by atoms with Gasteiger partial charge in [-0.05, 0) is 55.3 Å². The van der Waals surface area contributed by atoms with Gasteiger partial charge in [-0.3, -0.25) is 19.7 Å². The molecule has 2 heterocycles. The molecule has 4 rings (SSSR count). The molecule has 2 fully saturated rings.